The predicted molar refractivity (Wildman–Crippen MR) is 64.9 cm³/mol. The fraction of sp³-hybridized carbons (Fsp3) is 0.0909. The highest BCUT2D eigenvalue weighted by Crippen LogP contribution is 2.27. The van der Waals surface area contributed by atoms with Crippen LogP contribution in [0.4, 0.5) is 4.39 Å². The standard InChI is InChI=1S/C11H10ClFN2S/c12-8-1-2-10(13)9(5-8)11(15-14)7-3-4-16-6-7/h1-6,11,15H,14H2. The number of hydrogen-bond acceptors (Lipinski definition) is 3. The Labute approximate surface area is 102 Å². The van der Waals surface area contributed by atoms with Gasteiger partial charge >= 0.3 is 0 Å². The monoisotopic (exact) mass is 256 g/mol. The third-order valence-corrected chi connectivity index (χ3v) is 3.25. The van der Waals surface area contributed by atoms with Gasteiger partial charge in [-0.25, -0.2) is 9.82 Å². The van der Waals surface area contributed by atoms with Crippen LogP contribution in [-0.4, -0.2) is 0 Å². The van der Waals surface area contributed by atoms with Crippen molar-refractivity contribution in [2.24, 2.45) is 5.84 Å². The van der Waals surface area contributed by atoms with Gasteiger partial charge in [-0.2, -0.15) is 11.3 Å². The summed E-state index contributed by atoms with van der Waals surface area (Å²) in [6.07, 6.45) is 0. The van der Waals surface area contributed by atoms with E-state index in [-0.39, 0.29) is 11.9 Å². The lowest BCUT2D eigenvalue weighted by Crippen LogP contribution is -2.29. The number of rotatable bonds is 3. The van der Waals surface area contributed by atoms with E-state index in [0.717, 1.165) is 5.56 Å². The van der Waals surface area contributed by atoms with Gasteiger partial charge in [-0.1, -0.05) is 11.6 Å². The van der Waals surface area contributed by atoms with Crippen molar-refractivity contribution in [3.05, 3.63) is 57.0 Å². The van der Waals surface area contributed by atoms with Crippen molar-refractivity contribution in [1.82, 2.24) is 5.43 Å². The molecule has 1 aromatic heterocycles. The number of nitrogens with one attached hydrogen (secondary N) is 1. The normalized spacial score (nSPS) is 12.7. The molecule has 0 radical (unpaired) electrons. The molecule has 84 valence electrons. The molecule has 2 aromatic rings. The molecule has 0 aliphatic rings. The molecule has 0 fully saturated rings. The molecule has 5 heteroatoms. The number of thiophene rings is 1. The van der Waals surface area contributed by atoms with E-state index < -0.39 is 0 Å². The smallest absolute Gasteiger partial charge is 0.128 e. The molecule has 0 aliphatic heterocycles. The minimum atomic E-state index is -0.370. The molecule has 0 saturated carbocycles. The summed E-state index contributed by atoms with van der Waals surface area (Å²) >= 11 is 7.38. The molecular weight excluding hydrogens is 247 g/mol. The molecule has 3 N–H and O–H groups in total. The maximum absolute atomic E-state index is 13.6. The Hall–Kier alpha value is -0.940. The van der Waals surface area contributed by atoms with Gasteiger partial charge in [0.25, 0.3) is 0 Å². The largest absolute Gasteiger partial charge is 0.271 e. The van der Waals surface area contributed by atoms with Crippen LogP contribution in [0.1, 0.15) is 17.2 Å². The first kappa shape index (κ1) is 11.5. The Morgan fingerprint density at radius 1 is 1.38 bits per heavy atom. The van der Waals surface area contributed by atoms with E-state index in [1.807, 2.05) is 16.8 Å². The van der Waals surface area contributed by atoms with Crippen LogP contribution in [-0.2, 0) is 0 Å². The number of benzene rings is 1. The summed E-state index contributed by atoms with van der Waals surface area (Å²) in [5.74, 6) is 5.14. The quantitative estimate of drug-likeness (QED) is 0.654. The Balaban J connectivity index is 2.44. The molecular formula is C11H10ClFN2S. The van der Waals surface area contributed by atoms with Crippen molar-refractivity contribution in [1.29, 1.82) is 0 Å². The lowest BCUT2D eigenvalue weighted by Gasteiger charge is -2.16. The highest BCUT2D eigenvalue weighted by atomic mass is 35.5. The zero-order valence-corrected chi connectivity index (χ0v) is 9.86. The molecule has 1 heterocycles. The van der Waals surface area contributed by atoms with E-state index in [1.54, 1.807) is 6.07 Å². The maximum Gasteiger partial charge on any atom is 0.128 e. The highest BCUT2D eigenvalue weighted by Gasteiger charge is 2.17. The third kappa shape index (κ3) is 2.25. The van der Waals surface area contributed by atoms with Crippen molar-refractivity contribution in [3.8, 4) is 0 Å². The third-order valence-electron chi connectivity index (χ3n) is 2.31. The first-order chi connectivity index (χ1) is 7.72. The molecule has 0 amide bonds. The first-order valence-electron chi connectivity index (χ1n) is 4.65. The molecule has 1 atom stereocenters. The van der Waals surface area contributed by atoms with E-state index in [4.69, 9.17) is 17.4 Å². The summed E-state index contributed by atoms with van der Waals surface area (Å²) in [7, 11) is 0. The van der Waals surface area contributed by atoms with Gasteiger partial charge in [0.2, 0.25) is 0 Å². The molecule has 0 spiro atoms. The number of hydrogen-bond donors (Lipinski definition) is 2. The molecule has 1 aromatic carbocycles. The second-order valence-corrected chi connectivity index (χ2v) is 4.54. The number of hydrazine groups is 1. The second kappa shape index (κ2) is 4.93. The number of halogens is 2. The summed E-state index contributed by atoms with van der Waals surface area (Å²) in [6.45, 7) is 0. The Morgan fingerprint density at radius 3 is 2.81 bits per heavy atom. The second-order valence-electron chi connectivity index (χ2n) is 3.32. The van der Waals surface area contributed by atoms with E-state index >= 15 is 0 Å². The predicted octanol–water partition coefficient (Wildman–Crippen LogP) is 3.09. The van der Waals surface area contributed by atoms with Crippen LogP contribution in [0.25, 0.3) is 0 Å². The van der Waals surface area contributed by atoms with Gasteiger partial charge in [-0.15, -0.1) is 0 Å². The lowest BCUT2D eigenvalue weighted by molar-refractivity contribution is 0.561. The topological polar surface area (TPSA) is 38.0 Å². The van der Waals surface area contributed by atoms with Crippen LogP contribution in [0.3, 0.4) is 0 Å². The fourth-order valence-electron chi connectivity index (χ4n) is 1.54. The molecule has 0 aliphatic carbocycles. The Bertz CT molecular complexity index is 473. The van der Waals surface area contributed by atoms with Crippen molar-refractivity contribution in [2.75, 3.05) is 0 Å². The minimum Gasteiger partial charge on any atom is -0.271 e. The molecule has 2 nitrogen and oxygen atoms in total. The van der Waals surface area contributed by atoms with Crippen LogP contribution >= 0.6 is 22.9 Å². The molecule has 0 saturated heterocycles. The van der Waals surface area contributed by atoms with Crippen LogP contribution in [0.5, 0.6) is 0 Å². The van der Waals surface area contributed by atoms with E-state index in [0.29, 0.717) is 10.6 Å². The van der Waals surface area contributed by atoms with Crippen molar-refractivity contribution in [3.63, 3.8) is 0 Å². The van der Waals surface area contributed by atoms with Crippen molar-refractivity contribution < 1.29 is 4.39 Å². The van der Waals surface area contributed by atoms with E-state index in [2.05, 4.69) is 5.43 Å². The van der Waals surface area contributed by atoms with Gasteiger partial charge in [0.15, 0.2) is 0 Å². The van der Waals surface area contributed by atoms with E-state index in [9.17, 15) is 4.39 Å². The van der Waals surface area contributed by atoms with Crippen LogP contribution in [0.2, 0.25) is 5.02 Å². The SMILES string of the molecule is NNC(c1ccsc1)c1cc(Cl)ccc1F. The van der Waals surface area contributed by atoms with Crippen molar-refractivity contribution >= 4 is 22.9 Å². The Kier molecular flexibility index (Phi) is 3.56. The summed E-state index contributed by atoms with van der Waals surface area (Å²) in [6, 6.07) is 5.97. The fourth-order valence-corrected chi connectivity index (χ4v) is 2.41. The zero-order chi connectivity index (χ0) is 11.5. The summed E-state index contributed by atoms with van der Waals surface area (Å²) in [5.41, 5.74) is 3.97. The first-order valence-corrected chi connectivity index (χ1v) is 5.97. The summed E-state index contributed by atoms with van der Waals surface area (Å²) < 4.78 is 13.6. The lowest BCUT2D eigenvalue weighted by atomic mass is 10.0. The molecule has 0 bridgehead atoms. The molecule has 16 heavy (non-hydrogen) atoms. The zero-order valence-electron chi connectivity index (χ0n) is 8.28. The molecule has 2 rings (SSSR count). The summed E-state index contributed by atoms with van der Waals surface area (Å²) in [5, 5.41) is 4.33. The van der Waals surface area contributed by atoms with Gasteiger partial charge in [0, 0.05) is 10.6 Å². The summed E-state index contributed by atoms with van der Waals surface area (Å²) in [4.78, 5) is 0. The van der Waals surface area contributed by atoms with Gasteiger partial charge in [0.1, 0.15) is 5.82 Å². The maximum atomic E-state index is 13.6. The van der Waals surface area contributed by atoms with Gasteiger partial charge in [0.05, 0.1) is 6.04 Å². The van der Waals surface area contributed by atoms with Gasteiger partial charge < -0.3 is 0 Å². The average Bonchev–Trinajstić information content (AvgIpc) is 2.78. The van der Waals surface area contributed by atoms with Crippen molar-refractivity contribution in [2.45, 2.75) is 6.04 Å². The Morgan fingerprint density at radius 2 is 2.19 bits per heavy atom. The van der Waals surface area contributed by atoms with Crippen LogP contribution < -0.4 is 11.3 Å². The average molecular weight is 257 g/mol. The van der Waals surface area contributed by atoms with Gasteiger partial charge in [-0.05, 0) is 40.6 Å². The highest BCUT2D eigenvalue weighted by molar-refractivity contribution is 7.08. The number of nitrogens with two attached hydrogens (primary N) is 1. The van der Waals surface area contributed by atoms with Crippen LogP contribution in [0, 0.1) is 5.82 Å². The molecule has 1 unspecified atom stereocenters. The van der Waals surface area contributed by atoms with Crippen LogP contribution in [0.15, 0.2) is 35.0 Å². The van der Waals surface area contributed by atoms with E-state index in [1.165, 1.54) is 23.5 Å². The van der Waals surface area contributed by atoms with Gasteiger partial charge in [-0.3, -0.25) is 5.84 Å². The minimum absolute atomic E-state index is 0.321.